The van der Waals surface area contributed by atoms with E-state index in [0.29, 0.717) is 5.92 Å². The molecule has 2 N–H and O–H groups in total. The van der Waals surface area contributed by atoms with Gasteiger partial charge in [-0.15, -0.1) is 0 Å². The smallest absolute Gasteiger partial charge is 0.191 e. The minimum Gasteiger partial charge on any atom is -0.497 e. The number of nitrogens with zero attached hydrogens (tertiary/aromatic N) is 2. The Morgan fingerprint density at radius 2 is 2.19 bits per heavy atom. The Hall–Kier alpha value is -1.46. The number of hydrogen-bond acceptors (Lipinski definition) is 3. The fourth-order valence-corrected chi connectivity index (χ4v) is 3.58. The van der Waals surface area contributed by atoms with Gasteiger partial charge in [0.1, 0.15) is 5.75 Å². The van der Waals surface area contributed by atoms with Crippen LogP contribution in [0.15, 0.2) is 23.2 Å². The lowest BCUT2D eigenvalue weighted by atomic mass is 10.1. The van der Waals surface area contributed by atoms with Crippen LogP contribution in [-0.4, -0.2) is 57.2 Å². The lowest BCUT2D eigenvalue weighted by molar-refractivity contribution is 0.326. The van der Waals surface area contributed by atoms with Crippen LogP contribution in [0.2, 0.25) is 5.02 Å². The van der Waals surface area contributed by atoms with Gasteiger partial charge in [0.15, 0.2) is 5.96 Å². The van der Waals surface area contributed by atoms with Crippen molar-refractivity contribution >= 4 is 17.6 Å². The van der Waals surface area contributed by atoms with Crippen molar-refractivity contribution in [3.05, 3.63) is 28.8 Å². The zero-order valence-electron chi connectivity index (χ0n) is 16.4. The third kappa shape index (κ3) is 6.69. The summed E-state index contributed by atoms with van der Waals surface area (Å²) in [7, 11) is 1.65. The maximum atomic E-state index is 6.31. The number of guanidine groups is 1. The summed E-state index contributed by atoms with van der Waals surface area (Å²) >= 11 is 6.31. The summed E-state index contributed by atoms with van der Waals surface area (Å²) in [5.74, 6) is 2.36. The molecule has 0 amide bonds. The summed E-state index contributed by atoms with van der Waals surface area (Å²) in [4.78, 5) is 7.33. The van der Waals surface area contributed by atoms with E-state index in [2.05, 4.69) is 29.4 Å². The van der Waals surface area contributed by atoms with Crippen molar-refractivity contribution in [2.45, 2.75) is 33.1 Å². The van der Waals surface area contributed by atoms with E-state index in [1.807, 2.05) is 18.2 Å². The maximum absolute atomic E-state index is 6.31. The minimum absolute atomic E-state index is 0.674. The van der Waals surface area contributed by atoms with Gasteiger partial charge in [-0.25, -0.2) is 0 Å². The first-order valence-corrected chi connectivity index (χ1v) is 10.1. The van der Waals surface area contributed by atoms with Crippen molar-refractivity contribution in [2.24, 2.45) is 10.9 Å². The van der Waals surface area contributed by atoms with Crippen molar-refractivity contribution in [1.29, 1.82) is 0 Å². The number of methoxy groups -OCH3 is 1. The number of aliphatic imine (C=N–C) groups is 1. The van der Waals surface area contributed by atoms with E-state index in [-0.39, 0.29) is 0 Å². The third-order valence-corrected chi connectivity index (χ3v) is 5.06. The molecule has 146 valence electrons. The van der Waals surface area contributed by atoms with E-state index in [4.69, 9.17) is 21.3 Å². The zero-order valence-corrected chi connectivity index (χ0v) is 17.1. The van der Waals surface area contributed by atoms with E-state index in [1.54, 1.807) is 7.11 Å². The van der Waals surface area contributed by atoms with Crippen LogP contribution in [0.4, 0.5) is 0 Å². The molecular formula is C20H33ClN4O. The van der Waals surface area contributed by atoms with Gasteiger partial charge in [0.25, 0.3) is 0 Å². The minimum atomic E-state index is 0.674. The fraction of sp³-hybridized carbons (Fsp3) is 0.650. The number of benzene rings is 1. The summed E-state index contributed by atoms with van der Waals surface area (Å²) in [6.07, 6.45) is 3.33. The van der Waals surface area contributed by atoms with E-state index < -0.39 is 0 Å². The van der Waals surface area contributed by atoms with E-state index >= 15 is 0 Å². The second kappa shape index (κ2) is 11.3. The molecule has 1 saturated heterocycles. The average molecular weight is 381 g/mol. The molecule has 1 heterocycles. The average Bonchev–Trinajstić information content (AvgIpc) is 3.08. The molecular weight excluding hydrogens is 348 g/mol. The third-order valence-electron chi connectivity index (χ3n) is 4.71. The number of hydrogen-bond donors (Lipinski definition) is 2. The van der Waals surface area contributed by atoms with Gasteiger partial charge < -0.3 is 20.3 Å². The second-order valence-electron chi connectivity index (χ2n) is 6.81. The van der Waals surface area contributed by atoms with Crippen LogP contribution >= 0.6 is 11.6 Å². The highest BCUT2D eigenvalue weighted by molar-refractivity contribution is 6.31. The molecule has 1 aliphatic rings. The lowest BCUT2D eigenvalue weighted by Gasteiger charge is -2.15. The van der Waals surface area contributed by atoms with Crippen LogP contribution in [-0.2, 0) is 6.42 Å². The number of nitrogens with one attached hydrogen (secondary N) is 2. The summed E-state index contributed by atoms with van der Waals surface area (Å²) in [5, 5.41) is 7.50. The summed E-state index contributed by atoms with van der Waals surface area (Å²) in [6, 6.07) is 5.83. The first kappa shape index (κ1) is 20.8. The van der Waals surface area contributed by atoms with Gasteiger partial charge in [0.05, 0.1) is 7.11 Å². The van der Waals surface area contributed by atoms with Crippen LogP contribution in [0.25, 0.3) is 0 Å². The Bertz CT molecular complexity index is 579. The highest BCUT2D eigenvalue weighted by atomic mass is 35.5. The molecule has 1 unspecified atom stereocenters. The quantitative estimate of drug-likeness (QED) is 0.510. The molecule has 0 aromatic heterocycles. The molecule has 26 heavy (non-hydrogen) atoms. The fourth-order valence-electron chi connectivity index (χ4n) is 3.32. The maximum Gasteiger partial charge on any atom is 0.191 e. The Morgan fingerprint density at radius 3 is 2.88 bits per heavy atom. The zero-order chi connectivity index (χ0) is 18.8. The van der Waals surface area contributed by atoms with E-state index in [0.717, 1.165) is 48.4 Å². The van der Waals surface area contributed by atoms with Crippen LogP contribution in [0.3, 0.4) is 0 Å². The SMILES string of the molecule is CCCN1CCC(CN=C(NCC)NCCc2ccc(OC)cc2Cl)C1. The molecule has 0 radical (unpaired) electrons. The standard InChI is InChI=1S/C20H33ClN4O/c1-4-11-25-12-9-16(15-25)14-24-20(22-5-2)23-10-8-17-6-7-18(26-3)13-19(17)21/h6-7,13,16H,4-5,8-12,14-15H2,1-3H3,(H2,22,23,24). The van der Waals surface area contributed by atoms with Gasteiger partial charge >= 0.3 is 0 Å². The van der Waals surface area contributed by atoms with Crippen LogP contribution in [0, 0.1) is 5.92 Å². The van der Waals surface area contributed by atoms with Gasteiger partial charge in [-0.1, -0.05) is 24.6 Å². The molecule has 1 atom stereocenters. The van der Waals surface area contributed by atoms with E-state index in [9.17, 15) is 0 Å². The molecule has 0 bridgehead atoms. The predicted molar refractivity (Wildman–Crippen MR) is 111 cm³/mol. The lowest BCUT2D eigenvalue weighted by Crippen LogP contribution is -2.38. The number of rotatable bonds is 9. The summed E-state index contributed by atoms with van der Waals surface area (Å²) in [5.41, 5.74) is 1.11. The van der Waals surface area contributed by atoms with Crippen molar-refractivity contribution in [1.82, 2.24) is 15.5 Å². The van der Waals surface area contributed by atoms with Crippen molar-refractivity contribution in [2.75, 3.05) is 46.4 Å². The normalized spacial score (nSPS) is 18.2. The summed E-state index contributed by atoms with van der Waals surface area (Å²) < 4.78 is 5.20. The van der Waals surface area contributed by atoms with Crippen molar-refractivity contribution in [3.8, 4) is 5.75 Å². The number of halogens is 1. The highest BCUT2D eigenvalue weighted by Gasteiger charge is 2.21. The van der Waals surface area contributed by atoms with Crippen molar-refractivity contribution in [3.63, 3.8) is 0 Å². The first-order chi connectivity index (χ1) is 12.7. The first-order valence-electron chi connectivity index (χ1n) is 9.73. The van der Waals surface area contributed by atoms with Gasteiger partial charge in [-0.3, -0.25) is 4.99 Å². The molecule has 2 rings (SSSR count). The monoisotopic (exact) mass is 380 g/mol. The number of ether oxygens (including phenoxy) is 1. The molecule has 0 saturated carbocycles. The molecule has 5 nitrogen and oxygen atoms in total. The van der Waals surface area contributed by atoms with E-state index in [1.165, 1.54) is 32.5 Å². The van der Waals surface area contributed by atoms with Crippen LogP contribution in [0.1, 0.15) is 32.3 Å². The molecule has 1 aromatic rings. The molecule has 0 spiro atoms. The molecule has 1 fully saturated rings. The Balaban J connectivity index is 1.80. The summed E-state index contributed by atoms with van der Waals surface area (Å²) in [6.45, 7) is 10.5. The van der Waals surface area contributed by atoms with Crippen LogP contribution < -0.4 is 15.4 Å². The molecule has 6 heteroatoms. The van der Waals surface area contributed by atoms with Crippen molar-refractivity contribution < 1.29 is 4.74 Å². The Labute approximate surface area is 163 Å². The Kier molecular flexibility index (Phi) is 9.06. The predicted octanol–water partition coefficient (Wildman–Crippen LogP) is 3.18. The largest absolute Gasteiger partial charge is 0.497 e. The van der Waals surface area contributed by atoms with Gasteiger partial charge in [0.2, 0.25) is 0 Å². The topological polar surface area (TPSA) is 48.9 Å². The van der Waals surface area contributed by atoms with Crippen LogP contribution in [0.5, 0.6) is 5.75 Å². The van der Waals surface area contributed by atoms with Gasteiger partial charge in [-0.2, -0.15) is 0 Å². The second-order valence-corrected chi connectivity index (χ2v) is 7.22. The Morgan fingerprint density at radius 1 is 1.35 bits per heavy atom. The molecule has 1 aromatic carbocycles. The molecule has 0 aliphatic carbocycles. The highest BCUT2D eigenvalue weighted by Crippen LogP contribution is 2.22. The van der Waals surface area contributed by atoms with Gasteiger partial charge in [0, 0.05) is 31.2 Å². The molecule has 1 aliphatic heterocycles. The van der Waals surface area contributed by atoms with Gasteiger partial charge in [-0.05, 0) is 62.9 Å². The number of likely N-dealkylation sites (tertiary alicyclic amines) is 1.